The number of ether oxygens (including phenoxy) is 1. The molecule has 0 bridgehead atoms. The predicted molar refractivity (Wildman–Crippen MR) is 59.7 cm³/mol. The van der Waals surface area contributed by atoms with E-state index in [1.165, 1.54) is 0 Å². The van der Waals surface area contributed by atoms with Crippen molar-refractivity contribution >= 4 is 0 Å². The van der Waals surface area contributed by atoms with Crippen molar-refractivity contribution in [1.82, 2.24) is 14.8 Å². The molecule has 1 atom stereocenters. The fourth-order valence-corrected chi connectivity index (χ4v) is 1.48. The van der Waals surface area contributed by atoms with Crippen LogP contribution in [0.3, 0.4) is 0 Å². The predicted octanol–water partition coefficient (Wildman–Crippen LogP) is 2.30. The number of aromatic nitrogens is 3. The van der Waals surface area contributed by atoms with Gasteiger partial charge in [0, 0.05) is 12.6 Å². The van der Waals surface area contributed by atoms with Crippen LogP contribution in [0.25, 0.3) is 0 Å². The van der Waals surface area contributed by atoms with Crippen LogP contribution in [0.5, 0.6) is 0 Å². The van der Waals surface area contributed by atoms with E-state index in [0.29, 0.717) is 0 Å². The first-order valence-electron chi connectivity index (χ1n) is 5.31. The van der Waals surface area contributed by atoms with E-state index in [1.54, 1.807) is 13.4 Å². The first kappa shape index (κ1) is 12.2. The summed E-state index contributed by atoms with van der Waals surface area (Å²) in [5, 5.41) is 8.17. The van der Waals surface area contributed by atoms with Gasteiger partial charge in [0.15, 0.2) is 5.82 Å². The normalized spacial score (nSPS) is 16.4. The van der Waals surface area contributed by atoms with Crippen LogP contribution in [0.15, 0.2) is 6.33 Å². The van der Waals surface area contributed by atoms with Gasteiger partial charge in [-0.1, -0.05) is 6.92 Å². The van der Waals surface area contributed by atoms with Crippen molar-refractivity contribution in [1.29, 1.82) is 0 Å². The molecule has 86 valence electrons. The highest BCUT2D eigenvalue weighted by atomic mass is 16.5. The van der Waals surface area contributed by atoms with Crippen LogP contribution in [-0.2, 0) is 15.9 Å². The highest BCUT2D eigenvalue weighted by Crippen LogP contribution is 2.29. The quantitative estimate of drug-likeness (QED) is 0.770. The van der Waals surface area contributed by atoms with E-state index in [-0.39, 0.29) is 11.1 Å². The van der Waals surface area contributed by atoms with Gasteiger partial charge in [-0.2, -0.15) is 0 Å². The molecule has 0 saturated heterocycles. The largest absolute Gasteiger partial charge is 0.371 e. The monoisotopic (exact) mass is 211 g/mol. The van der Waals surface area contributed by atoms with Gasteiger partial charge in [-0.15, -0.1) is 10.2 Å². The molecule has 0 spiro atoms. The molecule has 4 heteroatoms. The summed E-state index contributed by atoms with van der Waals surface area (Å²) in [6, 6.07) is 0. The summed E-state index contributed by atoms with van der Waals surface area (Å²) in [6.45, 7) is 10.5. The Labute approximate surface area is 91.7 Å². The van der Waals surface area contributed by atoms with Crippen LogP contribution in [-0.4, -0.2) is 21.9 Å². The maximum atomic E-state index is 5.54. The average molecular weight is 211 g/mol. The lowest BCUT2D eigenvalue weighted by molar-refractivity contribution is -0.0147. The van der Waals surface area contributed by atoms with Crippen molar-refractivity contribution in [3.63, 3.8) is 0 Å². The smallest absolute Gasteiger partial charge is 0.165 e. The summed E-state index contributed by atoms with van der Waals surface area (Å²) < 4.78 is 7.61. The highest BCUT2D eigenvalue weighted by molar-refractivity contribution is 5.03. The minimum Gasteiger partial charge on any atom is -0.371 e. The molecule has 0 aliphatic carbocycles. The van der Waals surface area contributed by atoms with E-state index in [0.717, 1.165) is 12.2 Å². The van der Waals surface area contributed by atoms with Gasteiger partial charge in [-0.05, 0) is 34.1 Å². The Hall–Kier alpha value is -0.900. The molecule has 0 aliphatic rings. The van der Waals surface area contributed by atoms with Crippen molar-refractivity contribution in [2.45, 2.75) is 52.2 Å². The summed E-state index contributed by atoms with van der Waals surface area (Å²) in [4.78, 5) is 0. The van der Waals surface area contributed by atoms with Crippen LogP contribution in [0.4, 0.5) is 0 Å². The molecule has 0 N–H and O–H groups in total. The summed E-state index contributed by atoms with van der Waals surface area (Å²) in [5.41, 5.74) is -0.377. The summed E-state index contributed by atoms with van der Waals surface area (Å²) >= 11 is 0. The molecule has 0 radical (unpaired) electrons. The van der Waals surface area contributed by atoms with Crippen LogP contribution in [0.2, 0.25) is 0 Å². The van der Waals surface area contributed by atoms with E-state index in [2.05, 4.69) is 42.5 Å². The van der Waals surface area contributed by atoms with E-state index < -0.39 is 0 Å². The Kier molecular flexibility index (Phi) is 3.19. The van der Waals surface area contributed by atoms with E-state index in [9.17, 15) is 0 Å². The second-order valence-electron chi connectivity index (χ2n) is 4.98. The molecule has 1 rings (SSSR count). The van der Waals surface area contributed by atoms with Gasteiger partial charge < -0.3 is 9.30 Å². The van der Waals surface area contributed by atoms with Crippen LogP contribution < -0.4 is 0 Å². The average Bonchev–Trinajstić information content (AvgIpc) is 2.65. The zero-order valence-electron chi connectivity index (χ0n) is 10.5. The molecule has 0 fully saturated rings. The van der Waals surface area contributed by atoms with Gasteiger partial charge in [0.1, 0.15) is 11.9 Å². The van der Waals surface area contributed by atoms with Gasteiger partial charge in [0.2, 0.25) is 0 Å². The molecule has 4 nitrogen and oxygen atoms in total. The molecule has 0 saturated carbocycles. The van der Waals surface area contributed by atoms with Gasteiger partial charge in [0.05, 0.1) is 0 Å². The molecule has 15 heavy (non-hydrogen) atoms. The lowest BCUT2D eigenvalue weighted by Gasteiger charge is -2.31. The van der Waals surface area contributed by atoms with Crippen molar-refractivity contribution < 1.29 is 4.74 Å². The number of hydrogen-bond acceptors (Lipinski definition) is 3. The van der Waals surface area contributed by atoms with Gasteiger partial charge in [-0.25, -0.2) is 0 Å². The number of nitrogens with zero attached hydrogens (tertiary/aromatic N) is 3. The zero-order valence-corrected chi connectivity index (χ0v) is 10.5. The minimum absolute atomic E-state index is 0.0200. The Morgan fingerprint density at radius 1 is 1.33 bits per heavy atom. The number of rotatable bonds is 3. The fourth-order valence-electron chi connectivity index (χ4n) is 1.48. The second kappa shape index (κ2) is 3.93. The Balaban J connectivity index is 3.21. The maximum Gasteiger partial charge on any atom is 0.165 e. The molecule has 1 heterocycles. The summed E-state index contributed by atoms with van der Waals surface area (Å²) in [5.74, 6) is 0.889. The number of hydrogen-bond donors (Lipinski definition) is 0. The van der Waals surface area contributed by atoms with Crippen molar-refractivity contribution in [3.05, 3.63) is 12.2 Å². The van der Waals surface area contributed by atoms with E-state index >= 15 is 0 Å². The number of methoxy groups -OCH3 is 1. The highest BCUT2D eigenvalue weighted by Gasteiger charge is 2.32. The van der Waals surface area contributed by atoms with Crippen molar-refractivity contribution in [3.8, 4) is 0 Å². The lowest BCUT2D eigenvalue weighted by Crippen LogP contribution is -2.33. The molecular weight excluding hydrogens is 190 g/mol. The SMILES string of the molecule is CCC(C)(OC)c1nncn1C(C)(C)C. The molecule has 0 amide bonds. The molecule has 0 aliphatic heterocycles. The minimum atomic E-state index is -0.357. The van der Waals surface area contributed by atoms with Crippen LogP contribution in [0.1, 0.15) is 46.9 Å². The maximum absolute atomic E-state index is 5.54. The molecule has 1 unspecified atom stereocenters. The third-order valence-electron chi connectivity index (χ3n) is 2.87. The third kappa shape index (κ3) is 2.20. The Bertz CT molecular complexity index is 321. The van der Waals surface area contributed by atoms with Gasteiger partial charge in [-0.3, -0.25) is 0 Å². The van der Waals surface area contributed by atoms with Crippen LogP contribution in [0, 0.1) is 0 Å². The van der Waals surface area contributed by atoms with E-state index in [4.69, 9.17) is 4.74 Å². The van der Waals surface area contributed by atoms with Gasteiger partial charge in [0.25, 0.3) is 0 Å². The van der Waals surface area contributed by atoms with Crippen LogP contribution >= 0.6 is 0 Å². The van der Waals surface area contributed by atoms with Crippen molar-refractivity contribution in [2.24, 2.45) is 0 Å². The Morgan fingerprint density at radius 2 is 1.93 bits per heavy atom. The summed E-state index contributed by atoms with van der Waals surface area (Å²) in [6.07, 6.45) is 2.64. The third-order valence-corrected chi connectivity index (χ3v) is 2.87. The zero-order chi connectivity index (χ0) is 11.7. The Morgan fingerprint density at radius 3 is 2.33 bits per heavy atom. The molecule has 0 aromatic carbocycles. The lowest BCUT2D eigenvalue weighted by atomic mass is 10.00. The standard InChI is InChI=1S/C11H21N3O/c1-7-11(5,15-6)9-13-12-8-14(9)10(2,3)4/h8H,7H2,1-6H3. The van der Waals surface area contributed by atoms with Crippen molar-refractivity contribution in [2.75, 3.05) is 7.11 Å². The van der Waals surface area contributed by atoms with E-state index in [1.807, 2.05) is 6.92 Å². The first-order valence-corrected chi connectivity index (χ1v) is 5.31. The fraction of sp³-hybridized carbons (Fsp3) is 0.818. The molecule has 1 aromatic heterocycles. The molecular formula is C11H21N3O. The molecule has 1 aromatic rings. The summed E-state index contributed by atoms with van der Waals surface area (Å²) in [7, 11) is 1.71. The second-order valence-corrected chi connectivity index (χ2v) is 4.98. The topological polar surface area (TPSA) is 39.9 Å². The first-order chi connectivity index (χ1) is 6.85. The van der Waals surface area contributed by atoms with Gasteiger partial charge >= 0.3 is 0 Å².